The number of methoxy groups -OCH3 is 1. The van der Waals surface area contributed by atoms with Crippen LogP contribution in [0.1, 0.15) is 59.3 Å². The van der Waals surface area contributed by atoms with Crippen LogP contribution < -0.4 is 5.32 Å². The fourth-order valence-corrected chi connectivity index (χ4v) is 3.30. The molecule has 170 valence electrons. The summed E-state index contributed by atoms with van der Waals surface area (Å²) in [4.78, 5) is 34.8. The molecule has 0 aromatic rings. The fraction of sp³-hybridized carbons (Fsp3) is 0.850. The van der Waals surface area contributed by atoms with Crippen LogP contribution >= 0.6 is 12.4 Å². The van der Waals surface area contributed by atoms with Crippen molar-refractivity contribution < 1.29 is 29.0 Å². The number of carboxylic acids is 1. The van der Waals surface area contributed by atoms with E-state index >= 15 is 0 Å². The zero-order valence-electron chi connectivity index (χ0n) is 18.1. The molecule has 2 N–H and O–H groups in total. The summed E-state index contributed by atoms with van der Waals surface area (Å²) in [6.45, 7) is 8.77. The van der Waals surface area contributed by atoms with Crippen LogP contribution in [-0.2, 0) is 19.1 Å². The number of amides is 1. The summed E-state index contributed by atoms with van der Waals surface area (Å²) in [5.74, 6) is -0.104. The molecule has 8 nitrogen and oxygen atoms in total. The summed E-state index contributed by atoms with van der Waals surface area (Å²) in [5.41, 5.74) is -0.477. The molecule has 2 heterocycles. The summed E-state index contributed by atoms with van der Waals surface area (Å²) in [6.07, 6.45) is 4.19. The minimum atomic E-state index is -0.763. The van der Waals surface area contributed by atoms with E-state index in [-0.39, 0.29) is 36.8 Å². The maximum Gasteiger partial charge on any atom is 0.410 e. The zero-order chi connectivity index (χ0) is 21.2. The van der Waals surface area contributed by atoms with Gasteiger partial charge in [-0.3, -0.25) is 9.59 Å². The highest BCUT2D eigenvalue weighted by atomic mass is 35.5. The van der Waals surface area contributed by atoms with Gasteiger partial charge in [-0.2, -0.15) is 0 Å². The van der Waals surface area contributed by atoms with Gasteiger partial charge in [0.25, 0.3) is 0 Å². The van der Waals surface area contributed by atoms with Crippen LogP contribution in [0.3, 0.4) is 0 Å². The van der Waals surface area contributed by atoms with Crippen LogP contribution in [0.15, 0.2) is 0 Å². The van der Waals surface area contributed by atoms with Crippen molar-refractivity contribution in [2.75, 3.05) is 33.3 Å². The summed E-state index contributed by atoms with van der Waals surface area (Å²) in [7, 11) is 1.45. The number of piperidine rings is 2. The second-order valence-electron chi connectivity index (χ2n) is 8.48. The van der Waals surface area contributed by atoms with Gasteiger partial charge in [-0.1, -0.05) is 0 Å². The Hall–Kier alpha value is -1.54. The summed E-state index contributed by atoms with van der Waals surface area (Å²) < 4.78 is 9.86. The van der Waals surface area contributed by atoms with E-state index in [0.717, 1.165) is 38.8 Å². The highest BCUT2D eigenvalue weighted by Gasteiger charge is 2.27. The van der Waals surface area contributed by atoms with Crippen molar-refractivity contribution in [3.63, 3.8) is 0 Å². The fourth-order valence-electron chi connectivity index (χ4n) is 3.30. The maximum atomic E-state index is 11.7. The Labute approximate surface area is 180 Å². The number of esters is 1. The number of likely N-dealkylation sites (tertiary alicyclic amines) is 1. The topological polar surface area (TPSA) is 105 Å². The Morgan fingerprint density at radius 3 is 1.97 bits per heavy atom. The van der Waals surface area contributed by atoms with Gasteiger partial charge in [0.15, 0.2) is 0 Å². The van der Waals surface area contributed by atoms with E-state index in [2.05, 4.69) is 10.1 Å². The Morgan fingerprint density at radius 2 is 1.52 bits per heavy atom. The summed E-state index contributed by atoms with van der Waals surface area (Å²) in [5, 5.41) is 11.9. The highest BCUT2D eigenvalue weighted by molar-refractivity contribution is 5.85. The molecule has 0 bridgehead atoms. The average Bonchev–Trinajstić information content (AvgIpc) is 2.61. The van der Waals surface area contributed by atoms with E-state index in [1.54, 1.807) is 4.90 Å². The summed E-state index contributed by atoms with van der Waals surface area (Å²) in [6, 6.07) is 0. The van der Waals surface area contributed by atoms with Gasteiger partial charge >= 0.3 is 18.0 Å². The van der Waals surface area contributed by atoms with Crippen LogP contribution in [0, 0.1) is 11.8 Å². The number of carboxylic acid groups (broad SMARTS) is 1. The van der Waals surface area contributed by atoms with Crippen molar-refractivity contribution in [1.29, 1.82) is 0 Å². The molecule has 0 aromatic heterocycles. The first-order chi connectivity index (χ1) is 13.1. The monoisotopic (exact) mass is 436 g/mol. The number of nitrogens with one attached hydrogen (secondary N) is 1. The molecule has 0 saturated carbocycles. The number of ether oxygens (including phenoxy) is 2. The van der Waals surface area contributed by atoms with Crippen LogP contribution in [-0.4, -0.2) is 66.9 Å². The lowest BCUT2D eigenvalue weighted by atomic mass is 9.94. The van der Waals surface area contributed by atoms with Gasteiger partial charge in [0.1, 0.15) is 5.60 Å². The van der Waals surface area contributed by atoms with Crippen molar-refractivity contribution in [3.05, 3.63) is 0 Å². The lowest BCUT2D eigenvalue weighted by Crippen LogP contribution is -2.42. The molecule has 0 atom stereocenters. The molecular weight excluding hydrogens is 400 g/mol. The van der Waals surface area contributed by atoms with E-state index in [1.807, 2.05) is 20.8 Å². The van der Waals surface area contributed by atoms with E-state index in [4.69, 9.17) is 9.84 Å². The molecular formula is C20H37ClN2O6. The van der Waals surface area contributed by atoms with Gasteiger partial charge in [0.05, 0.1) is 7.11 Å². The zero-order valence-corrected chi connectivity index (χ0v) is 18.9. The number of hydrogen-bond acceptors (Lipinski definition) is 6. The van der Waals surface area contributed by atoms with Gasteiger partial charge in [-0.15, -0.1) is 12.4 Å². The highest BCUT2D eigenvalue weighted by Crippen LogP contribution is 2.22. The first kappa shape index (κ1) is 27.5. The molecule has 0 aromatic carbocycles. The first-order valence-electron chi connectivity index (χ1n) is 10.1. The van der Waals surface area contributed by atoms with Crippen LogP contribution in [0.4, 0.5) is 4.79 Å². The first-order valence-corrected chi connectivity index (χ1v) is 10.1. The van der Waals surface area contributed by atoms with E-state index < -0.39 is 11.6 Å². The smallest absolute Gasteiger partial charge is 0.410 e. The molecule has 0 radical (unpaired) electrons. The molecule has 9 heteroatoms. The van der Waals surface area contributed by atoms with Crippen molar-refractivity contribution in [3.8, 4) is 0 Å². The normalized spacial score (nSPS) is 18.0. The number of halogens is 1. The molecule has 2 saturated heterocycles. The van der Waals surface area contributed by atoms with Crippen LogP contribution in [0.2, 0.25) is 0 Å². The predicted octanol–water partition coefficient (Wildman–Crippen LogP) is 3.08. The third-order valence-corrected chi connectivity index (χ3v) is 4.87. The molecule has 1 amide bonds. The van der Waals surface area contributed by atoms with Crippen molar-refractivity contribution >= 4 is 30.4 Å². The van der Waals surface area contributed by atoms with Gasteiger partial charge in [-0.25, -0.2) is 4.79 Å². The van der Waals surface area contributed by atoms with Gasteiger partial charge in [-0.05, 0) is 71.4 Å². The molecule has 2 fully saturated rings. The van der Waals surface area contributed by atoms with E-state index in [1.165, 1.54) is 7.11 Å². The second kappa shape index (κ2) is 13.6. The van der Waals surface area contributed by atoms with E-state index in [9.17, 15) is 14.4 Å². The number of rotatable bonds is 4. The van der Waals surface area contributed by atoms with Gasteiger partial charge < -0.3 is 24.8 Å². The Kier molecular flexibility index (Phi) is 12.9. The maximum absolute atomic E-state index is 11.7. The number of nitrogens with zero attached hydrogens (tertiary/aromatic N) is 1. The van der Waals surface area contributed by atoms with E-state index in [0.29, 0.717) is 25.4 Å². The number of carbonyl (C=O) groups is 3. The Balaban J connectivity index is 0.000000568. The summed E-state index contributed by atoms with van der Waals surface area (Å²) >= 11 is 0. The SMILES string of the molecule is CC(C)(C)OC(=O)N1CCC(CC(=O)O)CC1.COC(=O)CC1CCNCC1.Cl. The molecule has 2 aliphatic heterocycles. The number of carbonyl (C=O) groups excluding carboxylic acids is 2. The van der Waals surface area contributed by atoms with Crippen LogP contribution in [0.5, 0.6) is 0 Å². The molecule has 29 heavy (non-hydrogen) atoms. The van der Waals surface area contributed by atoms with Gasteiger partial charge in [0, 0.05) is 25.9 Å². The minimum absolute atomic E-state index is 0. The van der Waals surface area contributed by atoms with Gasteiger partial charge in [0.2, 0.25) is 0 Å². The third kappa shape index (κ3) is 12.6. The largest absolute Gasteiger partial charge is 0.481 e. The molecule has 2 rings (SSSR count). The molecule has 2 aliphatic rings. The Morgan fingerprint density at radius 1 is 1.00 bits per heavy atom. The molecule has 0 aliphatic carbocycles. The predicted molar refractivity (Wildman–Crippen MR) is 112 cm³/mol. The second-order valence-corrected chi connectivity index (χ2v) is 8.48. The Bertz CT molecular complexity index is 510. The third-order valence-electron chi connectivity index (χ3n) is 4.87. The van der Waals surface area contributed by atoms with Crippen molar-refractivity contribution in [1.82, 2.24) is 10.2 Å². The lowest BCUT2D eigenvalue weighted by Gasteiger charge is -2.32. The number of hydrogen-bond donors (Lipinski definition) is 2. The molecule has 0 unspecified atom stereocenters. The van der Waals surface area contributed by atoms with Crippen molar-refractivity contribution in [2.45, 2.75) is 64.9 Å². The van der Waals surface area contributed by atoms with Crippen molar-refractivity contribution in [2.24, 2.45) is 11.8 Å². The average molecular weight is 437 g/mol. The standard InChI is InChI=1S/C12H21NO4.C8H15NO2.ClH/c1-12(2,3)17-11(16)13-6-4-9(5-7-13)8-10(14)15;1-11-8(10)6-7-2-4-9-5-3-7;/h9H,4-8H2,1-3H3,(H,14,15);7,9H,2-6H2,1H3;1H. The van der Waals surface area contributed by atoms with Crippen LogP contribution in [0.25, 0.3) is 0 Å². The number of aliphatic carboxylic acids is 1. The quantitative estimate of drug-likeness (QED) is 0.652. The molecule has 0 spiro atoms. The minimum Gasteiger partial charge on any atom is -0.481 e. The lowest BCUT2D eigenvalue weighted by molar-refractivity contribution is -0.142.